The number of carbonyl (C=O) groups excluding carboxylic acids is 3. The van der Waals surface area contributed by atoms with Crippen LogP contribution in [0.2, 0.25) is 5.02 Å². The molecule has 0 aliphatic carbocycles. The summed E-state index contributed by atoms with van der Waals surface area (Å²) >= 11 is 6.16. The highest BCUT2D eigenvalue weighted by molar-refractivity contribution is 6.32. The van der Waals surface area contributed by atoms with Crippen LogP contribution in [0.15, 0.2) is 41.0 Å². The molecule has 1 aromatic carbocycles. The van der Waals surface area contributed by atoms with Crippen LogP contribution in [0, 0.1) is 6.92 Å². The zero-order valence-electron chi connectivity index (χ0n) is 15.4. The Labute approximate surface area is 167 Å². The van der Waals surface area contributed by atoms with Crippen LogP contribution in [0.5, 0.6) is 0 Å². The summed E-state index contributed by atoms with van der Waals surface area (Å²) in [7, 11) is 0. The molecule has 28 heavy (non-hydrogen) atoms. The zero-order valence-corrected chi connectivity index (χ0v) is 16.2. The van der Waals surface area contributed by atoms with Crippen molar-refractivity contribution in [2.75, 3.05) is 31.1 Å². The van der Waals surface area contributed by atoms with E-state index in [2.05, 4.69) is 0 Å². The van der Waals surface area contributed by atoms with Gasteiger partial charge in [-0.05, 0) is 36.8 Å². The van der Waals surface area contributed by atoms with Gasteiger partial charge < -0.3 is 9.32 Å². The number of benzene rings is 1. The molecule has 2 aliphatic heterocycles. The molecule has 7 nitrogen and oxygen atoms in total. The average molecular weight is 402 g/mol. The van der Waals surface area contributed by atoms with E-state index < -0.39 is 6.04 Å². The van der Waals surface area contributed by atoms with Gasteiger partial charge in [-0.3, -0.25) is 19.3 Å². The van der Waals surface area contributed by atoms with Crippen LogP contribution in [-0.4, -0.2) is 59.7 Å². The number of piperazine rings is 1. The normalized spacial score (nSPS) is 20.9. The lowest BCUT2D eigenvalue weighted by Gasteiger charge is -2.36. The molecule has 0 spiro atoms. The van der Waals surface area contributed by atoms with Crippen LogP contribution in [0.4, 0.5) is 5.69 Å². The molecule has 1 aromatic heterocycles. The molecule has 4 rings (SSSR count). The van der Waals surface area contributed by atoms with Crippen LogP contribution in [0.3, 0.4) is 0 Å². The van der Waals surface area contributed by atoms with Crippen LogP contribution in [0.1, 0.15) is 22.5 Å². The van der Waals surface area contributed by atoms with Crippen molar-refractivity contribution in [2.24, 2.45) is 0 Å². The lowest BCUT2D eigenvalue weighted by atomic mass is 10.1. The second-order valence-corrected chi connectivity index (χ2v) is 7.43. The zero-order chi connectivity index (χ0) is 19.8. The largest absolute Gasteiger partial charge is 0.459 e. The van der Waals surface area contributed by atoms with Crippen LogP contribution >= 0.6 is 11.6 Å². The molecule has 3 heterocycles. The number of nitrogens with zero attached hydrogens (tertiary/aromatic N) is 3. The van der Waals surface area contributed by atoms with Crippen LogP contribution in [0.25, 0.3) is 0 Å². The fourth-order valence-corrected chi connectivity index (χ4v) is 3.86. The molecule has 0 saturated carbocycles. The van der Waals surface area contributed by atoms with Gasteiger partial charge in [0.1, 0.15) is 0 Å². The van der Waals surface area contributed by atoms with Gasteiger partial charge in [-0.25, -0.2) is 4.90 Å². The van der Waals surface area contributed by atoms with E-state index in [1.54, 1.807) is 35.2 Å². The van der Waals surface area contributed by atoms with Crippen molar-refractivity contribution in [3.05, 3.63) is 52.9 Å². The molecule has 2 saturated heterocycles. The lowest BCUT2D eigenvalue weighted by molar-refractivity contribution is -0.123. The second kappa shape index (κ2) is 7.41. The molecule has 0 unspecified atom stereocenters. The number of anilines is 1. The number of imide groups is 1. The van der Waals surface area contributed by atoms with Gasteiger partial charge >= 0.3 is 0 Å². The highest BCUT2D eigenvalue weighted by Crippen LogP contribution is 2.29. The molecule has 8 heteroatoms. The first-order valence-corrected chi connectivity index (χ1v) is 9.53. The molecule has 2 fully saturated rings. The minimum absolute atomic E-state index is 0.135. The quantitative estimate of drug-likeness (QED) is 0.738. The Kier molecular flexibility index (Phi) is 4.95. The van der Waals surface area contributed by atoms with E-state index in [0.717, 1.165) is 5.56 Å². The van der Waals surface area contributed by atoms with Gasteiger partial charge in [0.05, 0.1) is 24.4 Å². The Morgan fingerprint density at radius 1 is 1.14 bits per heavy atom. The third-order valence-corrected chi connectivity index (χ3v) is 5.72. The number of aryl methyl sites for hydroxylation is 1. The van der Waals surface area contributed by atoms with Crippen molar-refractivity contribution in [1.82, 2.24) is 9.80 Å². The first kappa shape index (κ1) is 18.7. The molecule has 146 valence electrons. The van der Waals surface area contributed by atoms with E-state index in [-0.39, 0.29) is 24.1 Å². The Bertz CT molecular complexity index is 920. The van der Waals surface area contributed by atoms with E-state index in [0.29, 0.717) is 42.6 Å². The smallest absolute Gasteiger partial charge is 0.289 e. The summed E-state index contributed by atoms with van der Waals surface area (Å²) in [5.74, 6) is -0.322. The summed E-state index contributed by atoms with van der Waals surface area (Å²) in [5.41, 5.74) is 1.39. The number of carbonyl (C=O) groups is 3. The summed E-state index contributed by atoms with van der Waals surface area (Å²) in [4.78, 5) is 42.7. The fourth-order valence-electron chi connectivity index (χ4n) is 3.69. The van der Waals surface area contributed by atoms with Gasteiger partial charge in [-0.1, -0.05) is 17.7 Å². The minimum atomic E-state index is -0.506. The van der Waals surface area contributed by atoms with Gasteiger partial charge in [0.25, 0.3) is 11.8 Å². The van der Waals surface area contributed by atoms with E-state index in [9.17, 15) is 14.4 Å². The van der Waals surface area contributed by atoms with Crippen molar-refractivity contribution in [3.8, 4) is 0 Å². The molecule has 3 amide bonds. The van der Waals surface area contributed by atoms with E-state index >= 15 is 0 Å². The standard InChI is InChI=1S/C20H20ClN3O4/c1-13-4-5-14(11-15(13)21)24-18(25)12-16(19(24)26)22-6-8-23(9-7-22)20(27)17-3-2-10-28-17/h2-5,10-11,16H,6-9,12H2,1H3/t16-/m1/s1. The first-order chi connectivity index (χ1) is 13.5. The summed E-state index contributed by atoms with van der Waals surface area (Å²) < 4.78 is 5.17. The maximum Gasteiger partial charge on any atom is 0.289 e. The highest BCUT2D eigenvalue weighted by atomic mass is 35.5. The second-order valence-electron chi connectivity index (χ2n) is 7.03. The van der Waals surface area contributed by atoms with Gasteiger partial charge in [0.2, 0.25) is 5.91 Å². The molecule has 2 aromatic rings. The number of rotatable bonds is 3. The van der Waals surface area contributed by atoms with E-state index in [1.807, 2.05) is 11.8 Å². The predicted molar refractivity (Wildman–Crippen MR) is 103 cm³/mol. The summed E-state index contributed by atoms with van der Waals surface area (Å²) in [5, 5.41) is 0.520. The SMILES string of the molecule is Cc1ccc(N2C(=O)C[C@@H](N3CCN(C(=O)c4ccco4)CC3)C2=O)cc1Cl. The van der Waals surface area contributed by atoms with E-state index in [4.69, 9.17) is 16.0 Å². The van der Waals surface area contributed by atoms with Crippen molar-refractivity contribution in [1.29, 1.82) is 0 Å². The number of furan rings is 1. The maximum atomic E-state index is 12.9. The Morgan fingerprint density at radius 2 is 1.89 bits per heavy atom. The molecule has 0 bridgehead atoms. The number of halogens is 1. The van der Waals surface area contributed by atoms with Crippen molar-refractivity contribution in [3.63, 3.8) is 0 Å². The van der Waals surface area contributed by atoms with Gasteiger partial charge in [-0.15, -0.1) is 0 Å². The lowest BCUT2D eigenvalue weighted by Crippen LogP contribution is -2.53. The third kappa shape index (κ3) is 3.31. The molecule has 0 N–H and O–H groups in total. The molecule has 2 aliphatic rings. The predicted octanol–water partition coefficient (Wildman–Crippen LogP) is 2.33. The molecule has 0 radical (unpaired) electrons. The highest BCUT2D eigenvalue weighted by Gasteiger charge is 2.43. The Morgan fingerprint density at radius 3 is 2.54 bits per heavy atom. The van der Waals surface area contributed by atoms with Crippen molar-refractivity contribution >= 4 is 35.0 Å². The Hall–Kier alpha value is -2.64. The minimum Gasteiger partial charge on any atom is -0.459 e. The van der Waals surface area contributed by atoms with Crippen LogP contribution in [-0.2, 0) is 9.59 Å². The number of amides is 3. The van der Waals surface area contributed by atoms with Crippen molar-refractivity contribution in [2.45, 2.75) is 19.4 Å². The summed E-state index contributed by atoms with van der Waals surface area (Å²) in [6.07, 6.45) is 1.61. The monoisotopic (exact) mass is 401 g/mol. The molecule has 1 atom stereocenters. The topological polar surface area (TPSA) is 74.1 Å². The fraction of sp³-hybridized carbons (Fsp3) is 0.350. The summed E-state index contributed by atoms with van der Waals surface area (Å²) in [6.45, 7) is 3.88. The molecular formula is C20H20ClN3O4. The van der Waals surface area contributed by atoms with Gasteiger partial charge in [0.15, 0.2) is 5.76 Å². The average Bonchev–Trinajstić information content (AvgIpc) is 3.32. The third-order valence-electron chi connectivity index (χ3n) is 5.31. The van der Waals surface area contributed by atoms with Gasteiger partial charge in [0, 0.05) is 31.2 Å². The van der Waals surface area contributed by atoms with Gasteiger partial charge in [-0.2, -0.15) is 0 Å². The first-order valence-electron chi connectivity index (χ1n) is 9.15. The Balaban J connectivity index is 1.43. The maximum absolute atomic E-state index is 12.9. The molecular weight excluding hydrogens is 382 g/mol. The van der Waals surface area contributed by atoms with Crippen molar-refractivity contribution < 1.29 is 18.8 Å². The number of hydrogen-bond acceptors (Lipinski definition) is 5. The van der Waals surface area contributed by atoms with Crippen LogP contribution < -0.4 is 4.90 Å². The number of hydrogen-bond donors (Lipinski definition) is 0. The van der Waals surface area contributed by atoms with E-state index in [1.165, 1.54) is 11.2 Å². The summed E-state index contributed by atoms with van der Waals surface area (Å²) in [6, 6.07) is 7.99.